The maximum atomic E-state index is 12.2. The van der Waals surface area contributed by atoms with Crippen LogP contribution in [-0.2, 0) is 9.53 Å². The van der Waals surface area contributed by atoms with E-state index in [0.717, 1.165) is 4.47 Å². The number of hydrogen-bond acceptors (Lipinski definition) is 6. The molecule has 2 aromatic carbocycles. The van der Waals surface area contributed by atoms with E-state index in [1.807, 2.05) is 24.3 Å². The van der Waals surface area contributed by atoms with E-state index in [0.29, 0.717) is 28.4 Å². The monoisotopic (exact) mass is 417 g/mol. The second-order valence-electron chi connectivity index (χ2n) is 5.27. The fraction of sp³-hybridized carbons (Fsp3) is 0.158. The number of nitrogens with zero attached hydrogens (tertiary/aromatic N) is 1. The summed E-state index contributed by atoms with van der Waals surface area (Å²) in [6.45, 7) is 0. The maximum absolute atomic E-state index is 12.2. The van der Waals surface area contributed by atoms with Crippen LogP contribution in [0.2, 0.25) is 0 Å². The minimum Gasteiger partial charge on any atom is -0.493 e. The van der Waals surface area contributed by atoms with E-state index in [4.69, 9.17) is 18.9 Å². The van der Waals surface area contributed by atoms with Crippen LogP contribution < -0.4 is 14.2 Å². The standard InChI is InChI=1S/C19H16BrNO5/c1-23-15-9-11(10-16(24-2)17(15)25-3)8-14-19(22)26-18(21-14)12-6-4-5-7-13(12)20/h4-10H,1-3H3/b14-8-. The van der Waals surface area contributed by atoms with Crippen molar-refractivity contribution in [2.45, 2.75) is 0 Å². The van der Waals surface area contributed by atoms with E-state index in [2.05, 4.69) is 20.9 Å². The van der Waals surface area contributed by atoms with Gasteiger partial charge in [0.25, 0.3) is 0 Å². The molecule has 0 aromatic heterocycles. The first-order valence-electron chi connectivity index (χ1n) is 7.65. The van der Waals surface area contributed by atoms with Crippen molar-refractivity contribution in [3.63, 3.8) is 0 Å². The summed E-state index contributed by atoms with van der Waals surface area (Å²) in [4.78, 5) is 16.5. The zero-order chi connectivity index (χ0) is 18.7. The molecule has 0 unspecified atom stereocenters. The van der Waals surface area contributed by atoms with Gasteiger partial charge < -0.3 is 18.9 Å². The molecular formula is C19H16BrNO5. The molecule has 0 atom stereocenters. The van der Waals surface area contributed by atoms with Gasteiger partial charge in [-0.1, -0.05) is 12.1 Å². The van der Waals surface area contributed by atoms with Crippen LogP contribution >= 0.6 is 15.9 Å². The zero-order valence-corrected chi connectivity index (χ0v) is 16.0. The van der Waals surface area contributed by atoms with Gasteiger partial charge >= 0.3 is 5.97 Å². The molecule has 0 saturated carbocycles. The summed E-state index contributed by atoms with van der Waals surface area (Å²) in [7, 11) is 4.59. The lowest BCUT2D eigenvalue weighted by molar-refractivity contribution is -0.129. The van der Waals surface area contributed by atoms with Crippen LogP contribution in [0.5, 0.6) is 17.2 Å². The summed E-state index contributed by atoms with van der Waals surface area (Å²) < 4.78 is 22.0. The second kappa shape index (κ2) is 7.61. The van der Waals surface area contributed by atoms with Crippen molar-refractivity contribution in [1.82, 2.24) is 0 Å². The van der Waals surface area contributed by atoms with Gasteiger partial charge in [0, 0.05) is 4.47 Å². The number of methoxy groups -OCH3 is 3. The summed E-state index contributed by atoms with van der Waals surface area (Å²) in [5, 5.41) is 0. The lowest BCUT2D eigenvalue weighted by Crippen LogP contribution is -2.05. The molecule has 0 saturated heterocycles. The first-order valence-corrected chi connectivity index (χ1v) is 8.44. The predicted molar refractivity (Wildman–Crippen MR) is 101 cm³/mol. The molecule has 2 aromatic rings. The molecule has 6 nitrogen and oxygen atoms in total. The van der Waals surface area contributed by atoms with Gasteiger partial charge in [0.1, 0.15) is 0 Å². The summed E-state index contributed by atoms with van der Waals surface area (Å²) in [6.07, 6.45) is 1.61. The highest BCUT2D eigenvalue weighted by atomic mass is 79.9. The quantitative estimate of drug-likeness (QED) is 0.546. The van der Waals surface area contributed by atoms with Crippen LogP contribution in [-0.4, -0.2) is 33.2 Å². The molecule has 1 aliphatic heterocycles. The highest BCUT2D eigenvalue weighted by Crippen LogP contribution is 2.39. The minimum atomic E-state index is -0.524. The first-order chi connectivity index (χ1) is 12.6. The third-order valence-electron chi connectivity index (χ3n) is 3.72. The third-order valence-corrected chi connectivity index (χ3v) is 4.41. The van der Waals surface area contributed by atoms with E-state index >= 15 is 0 Å². The van der Waals surface area contributed by atoms with Crippen molar-refractivity contribution in [2.24, 2.45) is 4.99 Å². The molecule has 134 valence electrons. The van der Waals surface area contributed by atoms with Crippen LogP contribution in [0.15, 0.2) is 51.6 Å². The largest absolute Gasteiger partial charge is 0.493 e. The Bertz CT molecular complexity index is 895. The number of cyclic esters (lactones) is 1. The van der Waals surface area contributed by atoms with Gasteiger partial charge in [0.2, 0.25) is 11.6 Å². The van der Waals surface area contributed by atoms with E-state index in [9.17, 15) is 4.79 Å². The third kappa shape index (κ3) is 3.43. The number of rotatable bonds is 5. The highest BCUT2D eigenvalue weighted by Gasteiger charge is 2.25. The Morgan fingerprint density at radius 2 is 1.69 bits per heavy atom. The van der Waals surface area contributed by atoms with Gasteiger partial charge in [-0.15, -0.1) is 0 Å². The normalized spacial score (nSPS) is 14.8. The molecular weight excluding hydrogens is 402 g/mol. The highest BCUT2D eigenvalue weighted by molar-refractivity contribution is 9.10. The Hall–Kier alpha value is -2.80. The van der Waals surface area contributed by atoms with E-state index < -0.39 is 5.97 Å². The summed E-state index contributed by atoms with van der Waals surface area (Å²) in [5.41, 5.74) is 1.56. The number of aliphatic imine (C=N–C) groups is 1. The lowest BCUT2D eigenvalue weighted by Gasteiger charge is -2.12. The number of halogens is 1. The van der Waals surface area contributed by atoms with Gasteiger partial charge in [-0.2, -0.15) is 0 Å². The molecule has 26 heavy (non-hydrogen) atoms. The lowest BCUT2D eigenvalue weighted by atomic mass is 10.1. The Labute approximate surface area is 159 Å². The number of esters is 1. The number of carbonyl (C=O) groups excluding carboxylic acids is 1. The summed E-state index contributed by atoms with van der Waals surface area (Å²) in [6, 6.07) is 10.8. The van der Waals surface area contributed by atoms with Crippen molar-refractivity contribution in [1.29, 1.82) is 0 Å². The SMILES string of the molecule is COc1cc(/C=C2\N=C(c3ccccc3Br)OC2=O)cc(OC)c1OC. The topological polar surface area (TPSA) is 66.4 Å². The molecule has 0 N–H and O–H groups in total. The minimum absolute atomic E-state index is 0.185. The molecule has 0 radical (unpaired) electrons. The number of ether oxygens (including phenoxy) is 4. The number of benzene rings is 2. The second-order valence-corrected chi connectivity index (χ2v) is 6.13. The smallest absolute Gasteiger partial charge is 0.363 e. The maximum Gasteiger partial charge on any atom is 0.363 e. The number of carbonyl (C=O) groups is 1. The van der Waals surface area contributed by atoms with Crippen molar-refractivity contribution in [3.05, 3.63) is 57.7 Å². The molecule has 1 aliphatic rings. The Balaban J connectivity index is 2.02. The van der Waals surface area contributed by atoms with Gasteiger partial charge in [0.05, 0.1) is 26.9 Å². The Morgan fingerprint density at radius 1 is 1.04 bits per heavy atom. The molecule has 0 bridgehead atoms. The van der Waals surface area contributed by atoms with Crippen molar-refractivity contribution >= 4 is 33.9 Å². The van der Waals surface area contributed by atoms with Crippen LogP contribution in [0.25, 0.3) is 6.08 Å². The van der Waals surface area contributed by atoms with Crippen LogP contribution in [0.1, 0.15) is 11.1 Å². The van der Waals surface area contributed by atoms with E-state index in [-0.39, 0.29) is 11.6 Å². The van der Waals surface area contributed by atoms with E-state index in [1.54, 1.807) is 18.2 Å². The van der Waals surface area contributed by atoms with Crippen molar-refractivity contribution in [2.75, 3.05) is 21.3 Å². The molecule has 0 spiro atoms. The first kappa shape index (κ1) is 18.0. The molecule has 7 heteroatoms. The molecule has 0 aliphatic carbocycles. The van der Waals surface area contributed by atoms with Gasteiger partial charge in [-0.25, -0.2) is 9.79 Å². The summed E-state index contributed by atoms with van der Waals surface area (Å²) in [5.74, 6) is 1.18. The Morgan fingerprint density at radius 3 is 2.27 bits per heavy atom. The fourth-order valence-corrected chi connectivity index (χ4v) is 2.96. The summed E-state index contributed by atoms with van der Waals surface area (Å²) >= 11 is 3.43. The van der Waals surface area contributed by atoms with Crippen LogP contribution in [0.3, 0.4) is 0 Å². The van der Waals surface area contributed by atoms with Crippen LogP contribution in [0.4, 0.5) is 0 Å². The van der Waals surface area contributed by atoms with E-state index in [1.165, 1.54) is 21.3 Å². The van der Waals surface area contributed by atoms with Gasteiger partial charge in [-0.3, -0.25) is 0 Å². The van der Waals surface area contributed by atoms with Gasteiger partial charge in [0.15, 0.2) is 17.2 Å². The zero-order valence-electron chi connectivity index (χ0n) is 14.4. The average molecular weight is 418 g/mol. The molecule has 3 rings (SSSR count). The predicted octanol–water partition coefficient (Wildman–Crippen LogP) is 3.82. The Kier molecular flexibility index (Phi) is 5.27. The van der Waals surface area contributed by atoms with Crippen LogP contribution in [0, 0.1) is 0 Å². The fourth-order valence-electron chi connectivity index (χ4n) is 2.50. The van der Waals surface area contributed by atoms with Gasteiger partial charge in [-0.05, 0) is 51.8 Å². The molecule has 1 heterocycles. The van der Waals surface area contributed by atoms with Crippen molar-refractivity contribution in [3.8, 4) is 17.2 Å². The molecule has 0 fully saturated rings. The number of hydrogen-bond donors (Lipinski definition) is 0. The molecule has 0 amide bonds. The van der Waals surface area contributed by atoms with Crippen molar-refractivity contribution < 1.29 is 23.7 Å². The average Bonchev–Trinajstić information content (AvgIpc) is 3.01.